The molecule has 0 saturated carbocycles. The van der Waals surface area contributed by atoms with Gasteiger partial charge in [-0.2, -0.15) is 0 Å². The van der Waals surface area contributed by atoms with Gasteiger partial charge in [0, 0.05) is 24.9 Å². The van der Waals surface area contributed by atoms with E-state index in [1.807, 2.05) is 26.8 Å². The molecule has 7 heteroatoms. The smallest absolute Gasteiger partial charge is 0.338 e. The number of hydrogen-bond acceptors (Lipinski definition) is 4. The van der Waals surface area contributed by atoms with Crippen LogP contribution < -0.4 is 10.6 Å². The van der Waals surface area contributed by atoms with Gasteiger partial charge in [0.05, 0.1) is 17.7 Å². The van der Waals surface area contributed by atoms with Gasteiger partial charge in [0.25, 0.3) is 0 Å². The Morgan fingerprint density at radius 2 is 1.93 bits per heavy atom. The summed E-state index contributed by atoms with van der Waals surface area (Å²) in [6.07, 6.45) is 0.0991. The lowest BCUT2D eigenvalue weighted by Gasteiger charge is -2.33. The van der Waals surface area contributed by atoms with E-state index in [-0.39, 0.29) is 23.5 Å². The van der Waals surface area contributed by atoms with Gasteiger partial charge in [-0.15, -0.1) is 0 Å². The third kappa shape index (κ3) is 5.82. The fraction of sp³-hybridized carbons (Fsp3) is 0.500. The van der Waals surface area contributed by atoms with Gasteiger partial charge in [-0.3, -0.25) is 4.79 Å². The first-order valence-corrected chi connectivity index (χ1v) is 9.75. The minimum absolute atomic E-state index is 0.0896. The molecule has 29 heavy (non-hydrogen) atoms. The number of anilines is 1. The monoisotopic (exact) mass is 401 g/mol. The van der Waals surface area contributed by atoms with E-state index in [0.29, 0.717) is 28.9 Å². The lowest BCUT2D eigenvalue weighted by Crippen LogP contribution is -2.46. The lowest BCUT2D eigenvalue weighted by molar-refractivity contribution is -0.143. The molecule has 3 amide bonds. The Balaban J connectivity index is 2.37. The molecule has 1 aliphatic rings. The first kappa shape index (κ1) is 22.5. The fourth-order valence-electron chi connectivity index (χ4n) is 3.11. The van der Waals surface area contributed by atoms with E-state index in [2.05, 4.69) is 10.6 Å². The number of rotatable bonds is 5. The maximum atomic E-state index is 12.7. The molecule has 0 fully saturated rings. The molecule has 2 rings (SSSR count). The minimum Gasteiger partial charge on any atom is -0.459 e. The quantitative estimate of drug-likeness (QED) is 0.731. The third-order valence-electron chi connectivity index (χ3n) is 4.51. The van der Waals surface area contributed by atoms with Crippen LogP contribution >= 0.6 is 0 Å². The van der Waals surface area contributed by atoms with Crippen LogP contribution in [0.5, 0.6) is 0 Å². The molecule has 1 heterocycles. The summed E-state index contributed by atoms with van der Waals surface area (Å²) >= 11 is 0. The molecule has 1 atom stereocenters. The molecule has 0 spiro atoms. The number of allylic oxidation sites excluding steroid dienone is 1. The van der Waals surface area contributed by atoms with Crippen molar-refractivity contribution in [2.45, 2.75) is 60.1 Å². The number of carbonyl (C=O) groups is 3. The summed E-state index contributed by atoms with van der Waals surface area (Å²) in [4.78, 5) is 38.8. The molecule has 0 bridgehead atoms. The van der Waals surface area contributed by atoms with E-state index in [1.54, 1.807) is 46.0 Å². The Bertz CT molecular complexity index is 837. The van der Waals surface area contributed by atoms with Gasteiger partial charge in [-0.05, 0) is 43.9 Å². The topological polar surface area (TPSA) is 87.7 Å². The van der Waals surface area contributed by atoms with E-state index in [4.69, 9.17) is 4.74 Å². The number of urea groups is 1. The predicted molar refractivity (Wildman–Crippen MR) is 112 cm³/mol. The van der Waals surface area contributed by atoms with E-state index < -0.39 is 12.0 Å². The molecular formula is C22H31N3O4. The first-order chi connectivity index (χ1) is 13.4. The zero-order valence-corrected chi connectivity index (χ0v) is 18.3. The van der Waals surface area contributed by atoms with Crippen molar-refractivity contribution in [1.82, 2.24) is 10.2 Å². The highest BCUT2D eigenvalue weighted by Crippen LogP contribution is 2.32. The number of carbonyl (C=O) groups excluding carboxylic acids is 3. The SMILES string of the molecule is CC1=C(C(=O)OC(C)C)C(c2cccc(NC(=O)CC(C)(C)C)c2)NC(=O)N1C. The predicted octanol–water partition coefficient (Wildman–Crippen LogP) is 3.98. The van der Waals surface area contributed by atoms with Crippen molar-refractivity contribution < 1.29 is 19.1 Å². The van der Waals surface area contributed by atoms with Crippen LogP contribution in [0.25, 0.3) is 0 Å². The molecule has 1 unspecified atom stereocenters. The Morgan fingerprint density at radius 3 is 2.52 bits per heavy atom. The van der Waals surface area contributed by atoms with Crippen LogP contribution in [0.3, 0.4) is 0 Å². The van der Waals surface area contributed by atoms with Crippen LogP contribution in [0.1, 0.15) is 59.6 Å². The average molecular weight is 402 g/mol. The number of amides is 3. The zero-order chi connectivity index (χ0) is 21.9. The van der Waals surface area contributed by atoms with Crippen LogP contribution in [0, 0.1) is 5.41 Å². The van der Waals surface area contributed by atoms with Gasteiger partial charge in [0.15, 0.2) is 0 Å². The van der Waals surface area contributed by atoms with Crippen molar-refractivity contribution in [1.29, 1.82) is 0 Å². The van der Waals surface area contributed by atoms with Gasteiger partial charge in [-0.1, -0.05) is 32.9 Å². The molecule has 0 radical (unpaired) electrons. The number of nitrogens with one attached hydrogen (secondary N) is 2. The van der Waals surface area contributed by atoms with Crippen molar-refractivity contribution >= 4 is 23.6 Å². The normalized spacial score (nSPS) is 17.3. The second kappa shape index (κ2) is 8.68. The highest BCUT2D eigenvalue weighted by molar-refractivity contribution is 5.95. The van der Waals surface area contributed by atoms with Crippen molar-refractivity contribution in [3.8, 4) is 0 Å². The number of esters is 1. The van der Waals surface area contributed by atoms with Crippen molar-refractivity contribution in [2.24, 2.45) is 5.41 Å². The fourth-order valence-corrected chi connectivity index (χ4v) is 3.11. The molecule has 2 N–H and O–H groups in total. The summed E-state index contributed by atoms with van der Waals surface area (Å²) in [5.74, 6) is -0.565. The van der Waals surface area contributed by atoms with Crippen LogP contribution in [-0.4, -0.2) is 36.0 Å². The zero-order valence-electron chi connectivity index (χ0n) is 18.3. The largest absolute Gasteiger partial charge is 0.459 e. The van der Waals surface area contributed by atoms with E-state index in [9.17, 15) is 14.4 Å². The van der Waals surface area contributed by atoms with E-state index >= 15 is 0 Å². The number of hydrogen-bond donors (Lipinski definition) is 2. The highest BCUT2D eigenvalue weighted by atomic mass is 16.5. The summed E-state index contributed by atoms with van der Waals surface area (Å²) < 4.78 is 5.40. The van der Waals surface area contributed by atoms with Crippen molar-refractivity contribution in [3.05, 3.63) is 41.1 Å². The van der Waals surface area contributed by atoms with Crippen LogP contribution in [0.4, 0.5) is 10.5 Å². The van der Waals surface area contributed by atoms with Crippen LogP contribution in [-0.2, 0) is 14.3 Å². The third-order valence-corrected chi connectivity index (χ3v) is 4.51. The first-order valence-electron chi connectivity index (χ1n) is 9.75. The van der Waals surface area contributed by atoms with E-state index in [1.165, 1.54) is 4.90 Å². The van der Waals surface area contributed by atoms with Gasteiger partial charge in [-0.25, -0.2) is 9.59 Å². The van der Waals surface area contributed by atoms with Crippen LogP contribution in [0.2, 0.25) is 0 Å². The second-order valence-electron chi connectivity index (χ2n) is 8.81. The molecule has 0 aromatic heterocycles. The number of benzene rings is 1. The second-order valence-corrected chi connectivity index (χ2v) is 8.81. The average Bonchev–Trinajstić information content (AvgIpc) is 2.57. The summed E-state index contributed by atoms with van der Waals surface area (Å²) in [6.45, 7) is 11.3. The van der Waals surface area contributed by atoms with Gasteiger partial charge in [0.1, 0.15) is 0 Å². The maximum Gasteiger partial charge on any atom is 0.338 e. The highest BCUT2D eigenvalue weighted by Gasteiger charge is 2.35. The molecule has 1 aliphatic heterocycles. The molecule has 158 valence electrons. The van der Waals surface area contributed by atoms with Gasteiger partial charge in [0.2, 0.25) is 5.91 Å². The molecule has 0 aliphatic carbocycles. The Morgan fingerprint density at radius 1 is 1.28 bits per heavy atom. The molecule has 1 aromatic carbocycles. The van der Waals surface area contributed by atoms with Crippen LogP contribution in [0.15, 0.2) is 35.5 Å². The summed E-state index contributed by atoms with van der Waals surface area (Å²) in [7, 11) is 1.60. The van der Waals surface area contributed by atoms with E-state index in [0.717, 1.165) is 0 Å². The summed E-state index contributed by atoms with van der Waals surface area (Å²) in [5, 5.41) is 5.74. The standard InChI is InChI=1S/C22H31N3O4/c1-13(2)29-20(27)18-14(3)25(7)21(28)24-19(18)15-9-8-10-16(11-15)23-17(26)12-22(4,5)6/h8-11,13,19H,12H2,1-7H3,(H,23,26)(H,24,28). The number of nitrogens with zero attached hydrogens (tertiary/aromatic N) is 1. The molecular weight excluding hydrogens is 370 g/mol. The molecule has 7 nitrogen and oxygen atoms in total. The minimum atomic E-state index is -0.663. The van der Waals surface area contributed by atoms with Crippen molar-refractivity contribution in [2.75, 3.05) is 12.4 Å². The molecule has 0 saturated heterocycles. The Kier molecular flexibility index (Phi) is 6.72. The maximum absolute atomic E-state index is 12.7. The Labute approximate surface area is 172 Å². The summed E-state index contributed by atoms with van der Waals surface area (Å²) in [6, 6.07) is 6.18. The molecule has 1 aromatic rings. The Hall–Kier alpha value is -2.83. The number of ether oxygens (including phenoxy) is 1. The van der Waals surface area contributed by atoms with Crippen molar-refractivity contribution in [3.63, 3.8) is 0 Å². The van der Waals surface area contributed by atoms with Gasteiger partial charge < -0.3 is 20.3 Å². The summed E-state index contributed by atoms with van der Waals surface area (Å²) in [5.41, 5.74) is 2.08. The van der Waals surface area contributed by atoms with Gasteiger partial charge >= 0.3 is 12.0 Å². The lowest BCUT2D eigenvalue weighted by atomic mass is 9.92.